The number of hydrogen-bond donors (Lipinski definition) is 0. The summed E-state index contributed by atoms with van der Waals surface area (Å²) < 4.78 is 6.41. The summed E-state index contributed by atoms with van der Waals surface area (Å²) in [6.07, 6.45) is 56.8. The molecule has 2 heteroatoms. The second kappa shape index (κ2) is 37.5. The lowest BCUT2D eigenvalue weighted by atomic mass is 10.0. The highest BCUT2D eigenvalue weighted by Gasteiger charge is 2.09. The number of nitrogens with zero attached hydrogens (tertiary/aromatic N) is 1. The molecular weight excluding hydrogens is 534 g/mol. The zero-order valence-electron chi connectivity index (χ0n) is 30.0. The summed E-state index contributed by atoms with van der Waals surface area (Å²) in [6, 6.07) is 0. The van der Waals surface area contributed by atoms with Crippen molar-refractivity contribution in [3.8, 4) is 0 Å². The van der Waals surface area contributed by atoms with Crippen LogP contribution in [0.5, 0.6) is 0 Å². The smallest absolute Gasteiger partial charge is 0.0575 e. The molecule has 0 amide bonds. The van der Waals surface area contributed by atoms with Gasteiger partial charge >= 0.3 is 0 Å². The molecule has 0 aliphatic heterocycles. The topological polar surface area (TPSA) is 12.5 Å². The fourth-order valence-electron chi connectivity index (χ4n) is 5.25. The van der Waals surface area contributed by atoms with Crippen LogP contribution < -0.4 is 0 Å². The van der Waals surface area contributed by atoms with Gasteiger partial charge in [-0.2, -0.15) is 0 Å². The minimum Gasteiger partial charge on any atom is -0.378 e. The molecular formula is C42H75NO. The van der Waals surface area contributed by atoms with Crippen LogP contribution in [0.15, 0.2) is 72.9 Å². The molecule has 0 bridgehead atoms. The zero-order valence-corrected chi connectivity index (χ0v) is 30.0. The first kappa shape index (κ1) is 42.4. The molecule has 1 unspecified atom stereocenters. The van der Waals surface area contributed by atoms with Crippen molar-refractivity contribution in [2.45, 2.75) is 168 Å². The van der Waals surface area contributed by atoms with E-state index >= 15 is 0 Å². The maximum Gasteiger partial charge on any atom is 0.0575 e. The van der Waals surface area contributed by atoms with E-state index in [0.717, 1.165) is 45.1 Å². The fourth-order valence-corrected chi connectivity index (χ4v) is 5.25. The van der Waals surface area contributed by atoms with Gasteiger partial charge in [-0.1, -0.05) is 145 Å². The first-order valence-corrected chi connectivity index (χ1v) is 18.9. The van der Waals surface area contributed by atoms with E-state index in [1.807, 2.05) is 0 Å². The van der Waals surface area contributed by atoms with E-state index in [1.54, 1.807) is 0 Å². The Labute approximate surface area is 276 Å². The fraction of sp³-hybridized carbons (Fsp3) is 0.714. The van der Waals surface area contributed by atoms with E-state index in [4.69, 9.17) is 4.74 Å². The van der Waals surface area contributed by atoms with Crippen molar-refractivity contribution in [3.63, 3.8) is 0 Å². The minimum atomic E-state index is 0.477. The van der Waals surface area contributed by atoms with E-state index in [9.17, 15) is 0 Å². The lowest BCUT2D eigenvalue weighted by molar-refractivity contribution is 0.0353. The Kier molecular flexibility index (Phi) is 36.1. The van der Waals surface area contributed by atoms with Crippen LogP contribution in [0.1, 0.15) is 162 Å². The largest absolute Gasteiger partial charge is 0.378 e. The van der Waals surface area contributed by atoms with E-state index < -0.39 is 0 Å². The second-order valence-electron chi connectivity index (χ2n) is 12.6. The van der Waals surface area contributed by atoms with Crippen molar-refractivity contribution in [2.24, 2.45) is 0 Å². The van der Waals surface area contributed by atoms with E-state index in [1.165, 1.54) is 116 Å². The second-order valence-corrected chi connectivity index (χ2v) is 12.6. The Hall–Kier alpha value is -1.64. The molecule has 2 nitrogen and oxygen atoms in total. The Morgan fingerprint density at radius 1 is 0.432 bits per heavy atom. The highest BCUT2D eigenvalue weighted by molar-refractivity contribution is 4.98. The lowest BCUT2D eigenvalue weighted by Crippen LogP contribution is -2.16. The first-order chi connectivity index (χ1) is 21.7. The highest BCUT2D eigenvalue weighted by atomic mass is 16.5. The van der Waals surface area contributed by atoms with E-state index in [-0.39, 0.29) is 0 Å². The van der Waals surface area contributed by atoms with Gasteiger partial charge < -0.3 is 9.64 Å². The van der Waals surface area contributed by atoms with Crippen molar-refractivity contribution >= 4 is 0 Å². The predicted molar refractivity (Wildman–Crippen MR) is 201 cm³/mol. The molecule has 0 aromatic carbocycles. The van der Waals surface area contributed by atoms with Crippen LogP contribution in [0, 0.1) is 0 Å². The Balaban J connectivity index is 3.93. The minimum absolute atomic E-state index is 0.477. The normalized spacial score (nSPS) is 13.6. The number of rotatable bonds is 33. The third-order valence-corrected chi connectivity index (χ3v) is 7.96. The van der Waals surface area contributed by atoms with Gasteiger partial charge in [0.15, 0.2) is 0 Å². The Bertz CT molecular complexity index is 726. The van der Waals surface area contributed by atoms with Crippen LogP contribution >= 0.6 is 0 Å². The molecule has 1 atom stereocenters. The van der Waals surface area contributed by atoms with Gasteiger partial charge in [0.2, 0.25) is 0 Å². The molecule has 254 valence electrons. The molecule has 0 rings (SSSR count). The summed E-state index contributed by atoms with van der Waals surface area (Å²) in [6.45, 7) is 6.47. The Morgan fingerprint density at radius 3 is 1.25 bits per heavy atom. The third-order valence-electron chi connectivity index (χ3n) is 7.96. The summed E-state index contributed by atoms with van der Waals surface area (Å²) in [5, 5.41) is 0. The molecule has 0 spiro atoms. The molecule has 0 aliphatic rings. The van der Waals surface area contributed by atoms with Gasteiger partial charge in [-0.25, -0.2) is 0 Å². The first-order valence-electron chi connectivity index (χ1n) is 18.9. The maximum absolute atomic E-state index is 6.41. The van der Waals surface area contributed by atoms with Crippen LogP contribution in [-0.4, -0.2) is 38.3 Å². The van der Waals surface area contributed by atoms with Gasteiger partial charge in [0.05, 0.1) is 6.10 Å². The summed E-state index contributed by atoms with van der Waals surface area (Å²) in [5.74, 6) is 0. The highest BCUT2D eigenvalue weighted by Crippen LogP contribution is 2.17. The standard InChI is InChI=1S/C42H75NO/c1-5-7-9-11-13-15-17-19-21-23-25-27-29-31-33-35-39-42(44-41-37-36-40-43(3)4)38-34-32-30-28-26-24-22-20-18-16-14-12-10-8-6-2/h7-10,13-16,19-22,42H,5-6,11-12,17-18,23-41H2,1-4H3/b9-7+,10-8+,15-13+,16-14+,21-19+,22-20+. The molecule has 0 fully saturated rings. The van der Waals surface area contributed by atoms with Gasteiger partial charge in [-0.05, 0) is 111 Å². The third kappa shape index (κ3) is 36.6. The molecule has 0 saturated heterocycles. The van der Waals surface area contributed by atoms with Gasteiger partial charge in [0.1, 0.15) is 0 Å². The monoisotopic (exact) mass is 610 g/mol. The van der Waals surface area contributed by atoms with Crippen LogP contribution in [0.2, 0.25) is 0 Å². The van der Waals surface area contributed by atoms with Crippen molar-refractivity contribution in [1.29, 1.82) is 0 Å². The SMILES string of the molecule is CC/C=C/C/C=C/C/C=C/CCCCCCCCC(CCCCCCC/C=C/C/C=C/C/C=C/CC)OCCCCN(C)C. The molecule has 44 heavy (non-hydrogen) atoms. The summed E-state index contributed by atoms with van der Waals surface area (Å²) in [4.78, 5) is 2.28. The number of unbranched alkanes of at least 4 members (excludes halogenated alkanes) is 12. The van der Waals surface area contributed by atoms with Crippen LogP contribution in [0.25, 0.3) is 0 Å². The van der Waals surface area contributed by atoms with Gasteiger partial charge in [0, 0.05) is 6.61 Å². The Morgan fingerprint density at radius 2 is 0.818 bits per heavy atom. The zero-order chi connectivity index (χ0) is 32.0. The van der Waals surface area contributed by atoms with Crippen molar-refractivity contribution in [3.05, 3.63) is 72.9 Å². The van der Waals surface area contributed by atoms with Crippen molar-refractivity contribution in [2.75, 3.05) is 27.2 Å². The van der Waals surface area contributed by atoms with Crippen molar-refractivity contribution in [1.82, 2.24) is 4.90 Å². The maximum atomic E-state index is 6.41. The molecule has 0 aromatic heterocycles. The lowest BCUT2D eigenvalue weighted by Gasteiger charge is -2.18. The summed E-state index contributed by atoms with van der Waals surface area (Å²) in [5.41, 5.74) is 0. The molecule has 0 aromatic rings. The molecule has 0 aliphatic carbocycles. The van der Waals surface area contributed by atoms with E-state index in [0.29, 0.717) is 6.10 Å². The van der Waals surface area contributed by atoms with Gasteiger partial charge in [0.25, 0.3) is 0 Å². The van der Waals surface area contributed by atoms with Crippen molar-refractivity contribution < 1.29 is 4.74 Å². The van der Waals surface area contributed by atoms with Crippen LogP contribution in [0.3, 0.4) is 0 Å². The summed E-state index contributed by atoms with van der Waals surface area (Å²) >= 11 is 0. The molecule has 0 saturated carbocycles. The average molecular weight is 610 g/mol. The number of allylic oxidation sites excluding steroid dienone is 12. The summed E-state index contributed by atoms with van der Waals surface area (Å²) in [7, 11) is 4.32. The number of hydrogen-bond acceptors (Lipinski definition) is 2. The van der Waals surface area contributed by atoms with Gasteiger partial charge in [-0.3, -0.25) is 0 Å². The quantitative estimate of drug-likeness (QED) is 0.0542. The van der Waals surface area contributed by atoms with Crippen LogP contribution in [0.4, 0.5) is 0 Å². The molecule has 0 radical (unpaired) electrons. The van der Waals surface area contributed by atoms with Crippen LogP contribution in [-0.2, 0) is 4.74 Å². The van der Waals surface area contributed by atoms with Gasteiger partial charge in [-0.15, -0.1) is 0 Å². The predicted octanol–water partition coefficient (Wildman–Crippen LogP) is 13.3. The molecule has 0 N–H and O–H groups in total. The number of ether oxygens (including phenoxy) is 1. The molecule has 0 heterocycles. The average Bonchev–Trinajstić information content (AvgIpc) is 3.02. The van der Waals surface area contributed by atoms with E-state index in [2.05, 4.69) is 106 Å².